The van der Waals surface area contributed by atoms with Crippen LogP contribution in [0.5, 0.6) is 0 Å². The van der Waals surface area contributed by atoms with E-state index in [0.29, 0.717) is 19.5 Å². The average molecular weight is 472 g/mol. The van der Waals surface area contributed by atoms with Crippen LogP contribution >= 0.6 is 11.6 Å². The van der Waals surface area contributed by atoms with Crippen molar-refractivity contribution in [2.45, 2.75) is 37.5 Å². The highest BCUT2D eigenvalue weighted by Gasteiger charge is 2.48. The Morgan fingerprint density at radius 1 is 1.30 bits per heavy atom. The van der Waals surface area contributed by atoms with Gasteiger partial charge in [0, 0.05) is 38.0 Å². The monoisotopic (exact) mass is 471 g/mol. The van der Waals surface area contributed by atoms with Crippen LogP contribution < -0.4 is 10.2 Å². The molecule has 2 aliphatic heterocycles. The molecule has 1 spiro atoms. The first-order valence-corrected chi connectivity index (χ1v) is 11.6. The van der Waals surface area contributed by atoms with Crippen molar-refractivity contribution in [1.82, 2.24) is 15.3 Å². The highest BCUT2D eigenvalue weighted by Crippen LogP contribution is 2.45. The summed E-state index contributed by atoms with van der Waals surface area (Å²) in [6, 6.07) is 7.72. The number of aromatic nitrogens is 2. The minimum atomic E-state index is -1.06. The Kier molecular flexibility index (Phi) is 5.49. The number of ether oxygens (including phenoxy) is 1. The summed E-state index contributed by atoms with van der Waals surface area (Å²) in [4.78, 5) is 35.6. The maximum absolute atomic E-state index is 13.2. The number of hydrogen-bond acceptors (Lipinski definition) is 8. The highest BCUT2D eigenvalue weighted by molar-refractivity contribution is 6.28. The van der Waals surface area contributed by atoms with Crippen LogP contribution in [0.15, 0.2) is 24.3 Å². The lowest BCUT2D eigenvalue weighted by molar-refractivity contribution is -0.385. The summed E-state index contributed by atoms with van der Waals surface area (Å²) >= 11 is 6.30. The van der Waals surface area contributed by atoms with E-state index in [4.69, 9.17) is 16.3 Å². The number of esters is 1. The zero-order chi connectivity index (χ0) is 23.2. The molecule has 5 rings (SSSR count). The molecule has 1 unspecified atom stereocenters. The Morgan fingerprint density at radius 3 is 2.76 bits per heavy atom. The van der Waals surface area contributed by atoms with E-state index in [1.165, 1.54) is 7.11 Å². The second-order valence-electron chi connectivity index (χ2n) is 9.40. The molecule has 0 saturated carbocycles. The predicted octanol–water partition coefficient (Wildman–Crippen LogP) is 2.83. The molecule has 0 amide bonds. The molecular weight excluding hydrogens is 446 g/mol. The number of carbonyl (C=O) groups excluding carboxylic acids is 1. The maximum Gasteiger partial charge on any atom is 0.332 e. The molecular formula is C23H26ClN5O4. The number of fused-ring (bicyclic) bond motifs is 1. The largest absolute Gasteiger partial charge is 0.468 e. The van der Waals surface area contributed by atoms with E-state index in [1.807, 2.05) is 29.2 Å². The van der Waals surface area contributed by atoms with Crippen molar-refractivity contribution >= 4 is 29.1 Å². The lowest BCUT2D eigenvalue weighted by Gasteiger charge is -2.39. The zero-order valence-corrected chi connectivity index (χ0v) is 19.2. The number of aryl methyl sites for hydroxylation is 1. The molecule has 2 fully saturated rings. The van der Waals surface area contributed by atoms with Crippen molar-refractivity contribution in [2.75, 3.05) is 38.2 Å². The summed E-state index contributed by atoms with van der Waals surface area (Å²) in [6.07, 6.45) is 3.10. The van der Waals surface area contributed by atoms with Gasteiger partial charge in [-0.25, -0.2) is 4.98 Å². The molecule has 1 aliphatic carbocycles. The Labute approximate surface area is 196 Å². The van der Waals surface area contributed by atoms with Crippen molar-refractivity contribution in [1.29, 1.82) is 0 Å². The number of nitrogens with one attached hydrogen (secondary N) is 1. The van der Waals surface area contributed by atoms with Gasteiger partial charge in [-0.15, -0.1) is 0 Å². The van der Waals surface area contributed by atoms with Crippen LogP contribution in [0.3, 0.4) is 0 Å². The van der Waals surface area contributed by atoms with Crippen LogP contribution in [0.1, 0.15) is 36.1 Å². The van der Waals surface area contributed by atoms with Gasteiger partial charge >= 0.3 is 11.7 Å². The topological polar surface area (TPSA) is 110 Å². The normalized spacial score (nSPS) is 23.2. The second-order valence-corrected chi connectivity index (χ2v) is 9.74. The molecule has 0 radical (unpaired) electrons. The van der Waals surface area contributed by atoms with Gasteiger partial charge in [-0.1, -0.05) is 24.3 Å². The Morgan fingerprint density at radius 2 is 2.09 bits per heavy atom. The van der Waals surface area contributed by atoms with Crippen molar-refractivity contribution in [3.63, 3.8) is 0 Å². The summed E-state index contributed by atoms with van der Waals surface area (Å²) in [6.45, 7) is 3.13. The molecule has 3 aliphatic rings. The van der Waals surface area contributed by atoms with E-state index in [-0.39, 0.29) is 34.3 Å². The first kappa shape index (κ1) is 22.0. The zero-order valence-electron chi connectivity index (χ0n) is 18.5. The number of halogens is 1. The Bertz CT molecular complexity index is 1120. The molecule has 2 aromatic rings. The molecule has 1 aromatic heterocycles. The van der Waals surface area contributed by atoms with Gasteiger partial charge in [0.2, 0.25) is 11.1 Å². The number of nitro groups is 1. The standard InChI is InChI=1S/C23H26ClN5O4/c1-33-20(30)23(8-4-6-15-5-2-3-7-16(15)23)11-17-18(29(31)32)19(27-21(24)26-17)28-10-9-22(14-28)12-25-13-22/h2-3,5,7,25H,4,6,8-14H2,1H3. The molecule has 10 heteroatoms. The highest BCUT2D eigenvalue weighted by atomic mass is 35.5. The van der Waals surface area contributed by atoms with Crippen molar-refractivity contribution in [3.8, 4) is 0 Å². The van der Waals surface area contributed by atoms with Crippen molar-refractivity contribution in [2.24, 2.45) is 5.41 Å². The number of rotatable bonds is 5. The molecule has 1 atom stereocenters. The smallest absolute Gasteiger partial charge is 0.332 e. The molecule has 9 nitrogen and oxygen atoms in total. The third-order valence-corrected chi connectivity index (χ3v) is 7.63. The number of nitrogens with zero attached hydrogens (tertiary/aromatic N) is 4. The van der Waals surface area contributed by atoms with Crippen molar-refractivity contribution < 1.29 is 14.5 Å². The maximum atomic E-state index is 13.2. The third-order valence-electron chi connectivity index (χ3n) is 7.46. The van der Waals surface area contributed by atoms with Gasteiger partial charge in [-0.05, 0) is 48.4 Å². The number of benzene rings is 1. The summed E-state index contributed by atoms with van der Waals surface area (Å²) in [5, 5.41) is 15.6. The van der Waals surface area contributed by atoms with E-state index in [0.717, 1.165) is 43.5 Å². The van der Waals surface area contributed by atoms with Crippen LogP contribution in [0.4, 0.5) is 11.5 Å². The van der Waals surface area contributed by atoms with Crippen LogP contribution in [0.25, 0.3) is 0 Å². The fraction of sp³-hybridized carbons (Fsp3) is 0.522. The number of hydrogen-bond donors (Lipinski definition) is 1. The summed E-state index contributed by atoms with van der Waals surface area (Å²) in [7, 11) is 1.35. The first-order chi connectivity index (χ1) is 15.9. The van der Waals surface area contributed by atoms with Gasteiger partial charge in [0.1, 0.15) is 5.69 Å². The third kappa shape index (κ3) is 3.63. The molecule has 1 aromatic carbocycles. The van der Waals surface area contributed by atoms with Crippen LogP contribution in [0.2, 0.25) is 5.28 Å². The van der Waals surface area contributed by atoms with Gasteiger partial charge < -0.3 is 15.0 Å². The van der Waals surface area contributed by atoms with Gasteiger partial charge in [-0.2, -0.15) is 4.98 Å². The minimum Gasteiger partial charge on any atom is -0.468 e. The van der Waals surface area contributed by atoms with Crippen LogP contribution in [-0.4, -0.2) is 54.1 Å². The number of methoxy groups -OCH3 is 1. The summed E-state index contributed by atoms with van der Waals surface area (Å²) in [5.74, 6) is -0.177. The van der Waals surface area contributed by atoms with Crippen LogP contribution in [-0.2, 0) is 27.8 Å². The predicted molar refractivity (Wildman–Crippen MR) is 123 cm³/mol. The lowest BCUT2D eigenvalue weighted by Crippen LogP contribution is -2.54. The molecule has 1 N–H and O–H groups in total. The van der Waals surface area contributed by atoms with Gasteiger partial charge in [-0.3, -0.25) is 14.9 Å². The lowest BCUT2D eigenvalue weighted by atomic mass is 9.67. The summed E-state index contributed by atoms with van der Waals surface area (Å²) in [5.41, 5.74) is 0.958. The van der Waals surface area contributed by atoms with Gasteiger partial charge in [0.15, 0.2) is 0 Å². The fourth-order valence-electron chi connectivity index (χ4n) is 5.74. The van der Waals surface area contributed by atoms with Crippen molar-refractivity contribution in [3.05, 3.63) is 56.5 Å². The molecule has 0 bridgehead atoms. The summed E-state index contributed by atoms with van der Waals surface area (Å²) < 4.78 is 5.23. The van der Waals surface area contributed by atoms with E-state index in [2.05, 4.69) is 15.3 Å². The van der Waals surface area contributed by atoms with Crippen LogP contribution in [0, 0.1) is 15.5 Å². The first-order valence-electron chi connectivity index (χ1n) is 11.2. The average Bonchev–Trinajstić information content (AvgIpc) is 3.24. The quantitative estimate of drug-likeness (QED) is 0.307. The van der Waals surface area contributed by atoms with E-state index >= 15 is 0 Å². The Hall–Kier alpha value is -2.78. The van der Waals surface area contributed by atoms with E-state index in [1.54, 1.807) is 0 Å². The van der Waals surface area contributed by atoms with Gasteiger partial charge in [0.05, 0.1) is 17.4 Å². The van der Waals surface area contributed by atoms with E-state index in [9.17, 15) is 14.9 Å². The Balaban J connectivity index is 1.61. The molecule has 2 saturated heterocycles. The van der Waals surface area contributed by atoms with Gasteiger partial charge in [0.25, 0.3) is 0 Å². The number of carbonyl (C=O) groups is 1. The minimum absolute atomic E-state index is 0.0305. The SMILES string of the molecule is COC(=O)C1(Cc2nc(Cl)nc(N3CCC4(CNC4)C3)c2[N+](=O)[O-])CCCc2ccccc21. The molecule has 33 heavy (non-hydrogen) atoms. The van der Waals surface area contributed by atoms with E-state index < -0.39 is 16.3 Å². The number of anilines is 1. The molecule has 174 valence electrons. The molecule has 3 heterocycles. The fourth-order valence-corrected chi connectivity index (χ4v) is 5.92. The second kappa shape index (κ2) is 8.22.